The van der Waals surface area contributed by atoms with Crippen LogP contribution in [0.1, 0.15) is 56.2 Å². The Morgan fingerprint density at radius 3 is 2.51 bits per heavy atom. The number of piperidine rings is 1. The van der Waals surface area contributed by atoms with Crippen LogP contribution in [-0.2, 0) is 13.0 Å². The zero-order valence-corrected chi connectivity index (χ0v) is 21.8. The van der Waals surface area contributed by atoms with Crippen LogP contribution in [0.5, 0.6) is 0 Å². The monoisotopic (exact) mass is 479 g/mol. The number of benzene rings is 1. The first-order valence-corrected chi connectivity index (χ1v) is 13.3. The highest BCUT2D eigenvalue weighted by Crippen LogP contribution is 2.34. The summed E-state index contributed by atoms with van der Waals surface area (Å²) >= 11 is 0. The van der Waals surface area contributed by atoms with Crippen LogP contribution in [0.15, 0.2) is 24.3 Å². The van der Waals surface area contributed by atoms with Crippen LogP contribution in [0.3, 0.4) is 0 Å². The lowest BCUT2D eigenvalue weighted by Gasteiger charge is -2.37. The summed E-state index contributed by atoms with van der Waals surface area (Å²) in [6.45, 7) is 13.1. The number of urea groups is 1. The minimum atomic E-state index is 0.0732. The average Bonchev–Trinajstić information content (AvgIpc) is 3.33. The molecular weight excluding hydrogens is 438 g/mol. The van der Waals surface area contributed by atoms with E-state index in [4.69, 9.17) is 0 Å². The van der Waals surface area contributed by atoms with Gasteiger partial charge in [0, 0.05) is 64.0 Å². The Kier molecular flexibility index (Phi) is 6.91. The maximum absolute atomic E-state index is 12.4. The first-order chi connectivity index (χ1) is 16.9. The molecule has 1 aromatic heterocycles. The molecule has 1 unspecified atom stereocenters. The quantitative estimate of drug-likeness (QED) is 0.703. The second-order valence-electron chi connectivity index (χ2n) is 11.0. The van der Waals surface area contributed by atoms with E-state index in [1.54, 1.807) is 0 Å². The smallest absolute Gasteiger partial charge is 0.317 e. The molecule has 0 saturated carbocycles. The molecule has 2 saturated heterocycles. The third kappa shape index (κ3) is 5.27. The zero-order chi connectivity index (χ0) is 24.5. The molecule has 3 aliphatic heterocycles. The maximum atomic E-state index is 12.4. The van der Waals surface area contributed by atoms with E-state index in [0.29, 0.717) is 12.0 Å². The molecule has 1 atom stereocenters. The van der Waals surface area contributed by atoms with Gasteiger partial charge in [0.25, 0.3) is 0 Å². The number of nitrogens with zero attached hydrogens (tertiary/aromatic N) is 5. The van der Waals surface area contributed by atoms with Gasteiger partial charge >= 0.3 is 6.03 Å². The largest absolute Gasteiger partial charge is 0.353 e. The molecule has 5 rings (SSSR count). The topological polar surface area (TPSA) is 70.7 Å². The third-order valence-corrected chi connectivity index (χ3v) is 7.97. The predicted molar refractivity (Wildman–Crippen MR) is 141 cm³/mol. The Balaban J connectivity index is 1.25. The number of carbonyl (C=O) groups excluding carboxylic acids is 1. The number of hydrogen-bond acceptors (Lipinski definition) is 5. The first kappa shape index (κ1) is 24.0. The van der Waals surface area contributed by atoms with E-state index in [1.165, 1.54) is 16.7 Å². The van der Waals surface area contributed by atoms with Crippen molar-refractivity contribution in [3.63, 3.8) is 0 Å². The summed E-state index contributed by atoms with van der Waals surface area (Å²) in [5, 5.41) is 11.0. The molecule has 4 heterocycles. The molecular formula is C27H41N7O. The Morgan fingerprint density at radius 2 is 1.80 bits per heavy atom. The van der Waals surface area contributed by atoms with Gasteiger partial charge in [0.15, 0.2) is 5.82 Å². The summed E-state index contributed by atoms with van der Waals surface area (Å²) in [7, 11) is 2.18. The normalized spacial score (nSPS) is 22.0. The zero-order valence-electron chi connectivity index (χ0n) is 21.8. The maximum Gasteiger partial charge on any atom is 0.317 e. The van der Waals surface area contributed by atoms with Crippen LogP contribution >= 0.6 is 0 Å². The standard InChI is InChI=1S/C27H41N7O/c1-19(2)28-27(35)33-9-7-21(8-10-33)23-6-5-22-15-20(3)34(18-24(22)16-23)26-17-25(29-30-26)32-13-11-31(4)12-14-32/h5-6,16-17,19-21H,7-15,18H2,1-4H3,(H,28,35)(H,29,30). The van der Waals surface area contributed by atoms with Gasteiger partial charge in [-0.3, -0.25) is 5.10 Å². The van der Waals surface area contributed by atoms with Crippen molar-refractivity contribution in [2.24, 2.45) is 0 Å². The molecule has 3 aliphatic rings. The van der Waals surface area contributed by atoms with Gasteiger partial charge in [-0.25, -0.2) is 4.79 Å². The number of nitrogens with one attached hydrogen (secondary N) is 2. The molecule has 8 nitrogen and oxygen atoms in total. The average molecular weight is 480 g/mol. The lowest BCUT2D eigenvalue weighted by molar-refractivity contribution is 0.179. The lowest BCUT2D eigenvalue weighted by Crippen LogP contribution is -2.46. The molecule has 1 aromatic carbocycles. The van der Waals surface area contributed by atoms with Crippen LogP contribution in [0.25, 0.3) is 0 Å². The minimum absolute atomic E-state index is 0.0732. The summed E-state index contributed by atoms with van der Waals surface area (Å²) in [5.41, 5.74) is 4.31. The highest BCUT2D eigenvalue weighted by molar-refractivity contribution is 5.74. The molecule has 2 amide bonds. The molecule has 0 spiro atoms. The number of piperazine rings is 1. The van der Waals surface area contributed by atoms with Crippen molar-refractivity contribution in [1.82, 2.24) is 25.3 Å². The van der Waals surface area contributed by atoms with Gasteiger partial charge in [-0.1, -0.05) is 18.2 Å². The van der Waals surface area contributed by atoms with Crippen LogP contribution in [0.4, 0.5) is 16.4 Å². The fourth-order valence-corrected chi connectivity index (χ4v) is 5.74. The third-order valence-electron chi connectivity index (χ3n) is 7.97. The summed E-state index contributed by atoms with van der Waals surface area (Å²) in [6.07, 6.45) is 3.10. The van der Waals surface area contributed by atoms with Crippen LogP contribution < -0.4 is 15.1 Å². The first-order valence-electron chi connectivity index (χ1n) is 13.3. The summed E-state index contributed by atoms with van der Waals surface area (Å²) in [4.78, 5) is 21.5. The van der Waals surface area contributed by atoms with E-state index >= 15 is 0 Å². The lowest BCUT2D eigenvalue weighted by atomic mass is 9.85. The fourth-order valence-electron chi connectivity index (χ4n) is 5.74. The second kappa shape index (κ2) is 10.1. The number of aromatic amines is 1. The Hall–Kier alpha value is -2.74. The van der Waals surface area contributed by atoms with Gasteiger partial charge in [-0.05, 0) is 69.7 Å². The number of likely N-dealkylation sites (tertiary alicyclic amines) is 1. The Bertz CT molecular complexity index is 1020. The van der Waals surface area contributed by atoms with Crippen LogP contribution in [0, 0.1) is 0 Å². The van der Waals surface area contributed by atoms with Crippen molar-refractivity contribution in [2.75, 3.05) is 56.1 Å². The van der Waals surface area contributed by atoms with Crippen LogP contribution in [0.2, 0.25) is 0 Å². The number of aromatic nitrogens is 2. The number of carbonyl (C=O) groups is 1. The van der Waals surface area contributed by atoms with E-state index < -0.39 is 0 Å². The molecule has 0 bridgehead atoms. The van der Waals surface area contributed by atoms with E-state index in [0.717, 1.165) is 76.7 Å². The minimum Gasteiger partial charge on any atom is -0.353 e. The molecule has 35 heavy (non-hydrogen) atoms. The number of fused-ring (bicyclic) bond motifs is 1. The molecule has 190 valence electrons. The number of rotatable bonds is 4. The van der Waals surface area contributed by atoms with E-state index in [2.05, 4.69) is 68.5 Å². The number of H-pyrrole nitrogens is 1. The van der Waals surface area contributed by atoms with Crippen molar-refractivity contribution in [2.45, 2.75) is 64.6 Å². The van der Waals surface area contributed by atoms with Crippen molar-refractivity contribution >= 4 is 17.7 Å². The van der Waals surface area contributed by atoms with Gasteiger partial charge in [0.2, 0.25) is 0 Å². The van der Waals surface area contributed by atoms with Gasteiger partial charge < -0.3 is 24.9 Å². The molecule has 2 aromatic rings. The Morgan fingerprint density at radius 1 is 1.06 bits per heavy atom. The highest BCUT2D eigenvalue weighted by atomic mass is 16.2. The van der Waals surface area contributed by atoms with Gasteiger partial charge in [-0.2, -0.15) is 5.10 Å². The van der Waals surface area contributed by atoms with Crippen molar-refractivity contribution in [3.05, 3.63) is 41.0 Å². The van der Waals surface area contributed by atoms with E-state index in [9.17, 15) is 4.79 Å². The summed E-state index contributed by atoms with van der Waals surface area (Å²) in [6, 6.07) is 10.0. The SMILES string of the molecule is CC(C)NC(=O)N1CCC(c2ccc3c(c2)CN(c2cc(N4CCN(C)CC4)n[nH]2)C(C)C3)CC1. The number of likely N-dealkylation sites (N-methyl/N-ethyl adjacent to an activating group) is 1. The molecule has 0 aliphatic carbocycles. The fraction of sp³-hybridized carbons (Fsp3) is 0.630. The highest BCUT2D eigenvalue weighted by Gasteiger charge is 2.28. The number of amides is 2. The number of anilines is 2. The van der Waals surface area contributed by atoms with Crippen molar-refractivity contribution in [3.8, 4) is 0 Å². The Labute approximate surface area is 209 Å². The van der Waals surface area contributed by atoms with Gasteiger partial charge in [0.1, 0.15) is 5.82 Å². The summed E-state index contributed by atoms with van der Waals surface area (Å²) in [5.74, 6) is 2.70. The second-order valence-corrected chi connectivity index (χ2v) is 11.0. The predicted octanol–water partition coefficient (Wildman–Crippen LogP) is 3.41. The van der Waals surface area contributed by atoms with E-state index in [-0.39, 0.29) is 12.1 Å². The molecule has 8 heteroatoms. The van der Waals surface area contributed by atoms with Crippen molar-refractivity contribution in [1.29, 1.82) is 0 Å². The van der Waals surface area contributed by atoms with Crippen LogP contribution in [-0.4, -0.2) is 84.4 Å². The molecule has 2 fully saturated rings. The number of hydrogen-bond donors (Lipinski definition) is 2. The van der Waals surface area contributed by atoms with Gasteiger partial charge in [0.05, 0.1) is 0 Å². The summed E-state index contributed by atoms with van der Waals surface area (Å²) < 4.78 is 0. The van der Waals surface area contributed by atoms with Crippen molar-refractivity contribution < 1.29 is 4.79 Å². The van der Waals surface area contributed by atoms with E-state index in [1.807, 2.05) is 18.7 Å². The molecule has 0 radical (unpaired) electrons. The van der Waals surface area contributed by atoms with Gasteiger partial charge in [-0.15, -0.1) is 0 Å². The molecule has 2 N–H and O–H groups in total.